The van der Waals surface area contributed by atoms with E-state index in [1.165, 1.54) is 4.57 Å². The van der Waals surface area contributed by atoms with E-state index in [0.717, 1.165) is 22.4 Å². The Morgan fingerprint density at radius 3 is 2.79 bits per heavy atom. The smallest absolute Gasteiger partial charge is 0.274 e. The molecule has 0 bridgehead atoms. The zero-order valence-corrected chi connectivity index (χ0v) is 18.7. The average Bonchev–Trinajstić information content (AvgIpc) is 3.49. The maximum Gasteiger partial charge on any atom is 0.274 e. The number of hydrogen-bond donors (Lipinski definition) is 3. The van der Waals surface area contributed by atoms with Gasteiger partial charge in [-0.15, -0.1) is 0 Å². The van der Waals surface area contributed by atoms with Gasteiger partial charge in [0.2, 0.25) is 5.13 Å². The van der Waals surface area contributed by atoms with E-state index in [2.05, 4.69) is 30.2 Å². The molecule has 11 heteroatoms. The number of carbonyl (C=O) groups is 1. The van der Waals surface area contributed by atoms with E-state index in [0.29, 0.717) is 32.8 Å². The molecular formula is C22H16ClN7O2S. The van der Waals surface area contributed by atoms with Crippen molar-refractivity contribution in [1.29, 1.82) is 0 Å². The largest absolute Gasteiger partial charge is 0.329 e. The summed E-state index contributed by atoms with van der Waals surface area (Å²) in [5.74, 6) is 0.0385. The van der Waals surface area contributed by atoms with Crippen molar-refractivity contribution >= 4 is 56.4 Å². The van der Waals surface area contributed by atoms with Crippen molar-refractivity contribution in [2.75, 3.05) is 10.6 Å². The van der Waals surface area contributed by atoms with Crippen LogP contribution >= 0.6 is 23.1 Å². The topological polar surface area (TPSA) is 118 Å². The molecule has 0 saturated carbocycles. The van der Waals surface area contributed by atoms with E-state index < -0.39 is 0 Å². The number of H-pyrrole nitrogens is 1. The van der Waals surface area contributed by atoms with Gasteiger partial charge in [0.25, 0.3) is 11.5 Å². The van der Waals surface area contributed by atoms with Gasteiger partial charge in [0.05, 0.1) is 22.4 Å². The van der Waals surface area contributed by atoms with Crippen LogP contribution in [-0.2, 0) is 7.05 Å². The standard InChI is InChI=1S/C22H16ClN7O2S/c1-30-11-13(9-17(21(30)32)25-20(31)12-5-3-2-4-6-12)19-27-22(33-29-19)26-16-8-7-15-14(18(16)23)10-24-28-15/h2-11H,1H3,(H,24,28)(H,25,31)(H,26,27,29). The molecule has 9 nitrogen and oxygen atoms in total. The lowest BCUT2D eigenvalue weighted by Gasteiger charge is -2.08. The molecule has 0 aliphatic carbocycles. The van der Waals surface area contributed by atoms with Crippen molar-refractivity contribution in [3.05, 3.63) is 81.9 Å². The van der Waals surface area contributed by atoms with Crippen LogP contribution in [0.3, 0.4) is 0 Å². The molecule has 1 amide bonds. The van der Waals surface area contributed by atoms with Crippen molar-refractivity contribution < 1.29 is 4.79 Å². The van der Waals surface area contributed by atoms with Crippen LogP contribution in [0.25, 0.3) is 22.3 Å². The average molecular weight is 478 g/mol. The number of benzene rings is 2. The summed E-state index contributed by atoms with van der Waals surface area (Å²) in [5, 5.41) is 14.6. The predicted octanol–water partition coefficient (Wildman–Crippen LogP) is 4.43. The van der Waals surface area contributed by atoms with Crippen molar-refractivity contribution in [3.8, 4) is 11.4 Å². The van der Waals surface area contributed by atoms with E-state index in [1.54, 1.807) is 49.8 Å². The number of fused-ring (bicyclic) bond motifs is 1. The highest BCUT2D eigenvalue weighted by Crippen LogP contribution is 2.33. The van der Waals surface area contributed by atoms with Gasteiger partial charge in [0, 0.05) is 41.3 Å². The molecule has 0 spiro atoms. The van der Waals surface area contributed by atoms with Gasteiger partial charge in [-0.1, -0.05) is 29.8 Å². The summed E-state index contributed by atoms with van der Waals surface area (Å²) < 4.78 is 5.77. The SMILES string of the molecule is Cn1cc(-c2nsc(Nc3ccc4[nH]ncc4c3Cl)n2)cc(NC(=O)c2ccccc2)c1=O. The number of aryl methyl sites for hydroxylation is 1. The maximum absolute atomic E-state index is 12.6. The zero-order valence-electron chi connectivity index (χ0n) is 17.2. The molecule has 0 aliphatic rings. The summed E-state index contributed by atoms with van der Waals surface area (Å²) in [6.07, 6.45) is 3.28. The van der Waals surface area contributed by atoms with Gasteiger partial charge < -0.3 is 15.2 Å². The normalized spacial score (nSPS) is 11.0. The Labute approximate surface area is 196 Å². The Bertz CT molecular complexity index is 1540. The number of pyridine rings is 1. The van der Waals surface area contributed by atoms with Gasteiger partial charge in [-0.2, -0.15) is 14.5 Å². The Morgan fingerprint density at radius 1 is 1.15 bits per heavy atom. The van der Waals surface area contributed by atoms with Gasteiger partial charge in [-0.3, -0.25) is 14.7 Å². The monoisotopic (exact) mass is 477 g/mol. The maximum atomic E-state index is 12.6. The zero-order chi connectivity index (χ0) is 22.9. The minimum Gasteiger partial charge on any atom is -0.329 e. The van der Waals surface area contributed by atoms with E-state index in [-0.39, 0.29) is 17.2 Å². The quantitative estimate of drug-likeness (QED) is 0.344. The third-order valence-corrected chi connectivity index (χ3v) is 5.99. The number of hydrogen-bond acceptors (Lipinski definition) is 7. The van der Waals surface area contributed by atoms with Gasteiger partial charge in [0.15, 0.2) is 5.82 Å². The minimum atomic E-state index is -0.372. The van der Waals surface area contributed by atoms with Crippen LogP contribution in [0.15, 0.2) is 65.7 Å². The lowest BCUT2D eigenvalue weighted by atomic mass is 10.2. The molecular weight excluding hydrogens is 462 g/mol. The second-order valence-corrected chi connectivity index (χ2v) is 8.31. The van der Waals surface area contributed by atoms with E-state index >= 15 is 0 Å². The molecule has 5 rings (SSSR count). The summed E-state index contributed by atoms with van der Waals surface area (Å²) >= 11 is 7.62. The van der Waals surface area contributed by atoms with Crippen molar-refractivity contribution in [2.24, 2.45) is 7.05 Å². The Hall–Kier alpha value is -4.02. The Morgan fingerprint density at radius 2 is 1.97 bits per heavy atom. The number of carbonyl (C=O) groups excluding carboxylic acids is 1. The molecule has 0 aliphatic heterocycles. The highest BCUT2D eigenvalue weighted by molar-refractivity contribution is 7.10. The van der Waals surface area contributed by atoms with E-state index in [9.17, 15) is 9.59 Å². The van der Waals surface area contributed by atoms with Gasteiger partial charge in [-0.25, -0.2) is 0 Å². The van der Waals surface area contributed by atoms with Gasteiger partial charge in [0.1, 0.15) is 5.69 Å². The molecule has 3 heterocycles. The van der Waals surface area contributed by atoms with Crippen LogP contribution in [0.5, 0.6) is 0 Å². The first-order chi connectivity index (χ1) is 16.0. The molecule has 3 N–H and O–H groups in total. The predicted molar refractivity (Wildman–Crippen MR) is 129 cm³/mol. The third kappa shape index (κ3) is 4.09. The molecule has 5 aromatic rings. The number of rotatable bonds is 5. The molecule has 33 heavy (non-hydrogen) atoms. The van der Waals surface area contributed by atoms with Crippen LogP contribution in [-0.4, -0.2) is 30.0 Å². The van der Waals surface area contributed by atoms with Crippen molar-refractivity contribution in [2.45, 2.75) is 0 Å². The van der Waals surface area contributed by atoms with E-state index in [1.807, 2.05) is 18.2 Å². The Balaban J connectivity index is 1.42. The summed E-state index contributed by atoms with van der Waals surface area (Å²) in [7, 11) is 1.61. The highest BCUT2D eigenvalue weighted by Gasteiger charge is 2.15. The summed E-state index contributed by atoms with van der Waals surface area (Å²) in [6, 6.07) is 13.9. The molecule has 0 unspecified atom stereocenters. The van der Waals surface area contributed by atoms with Crippen molar-refractivity contribution in [1.82, 2.24) is 24.1 Å². The van der Waals surface area contributed by atoms with Gasteiger partial charge >= 0.3 is 0 Å². The second kappa shape index (κ2) is 8.49. The number of nitrogens with one attached hydrogen (secondary N) is 3. The first kappa shape index (κ1) is 20.9. The lowest BCUT2D eigenvalue weighted by Crippen LogP contribution is -2.24. The summed E-state index contributed by atoms with van der Waals surface area (Å²) in [4.78, 5) is 29.6. The first-order valence-electron chi connectivity index (χ1n) is 9.79. The summed E-state index contributed by atoms with van der Waals surface area (Å²) in [6.45, 7) is 0. The second-order valence-electron chi connectivity index (χ2n) is 7.19. The fourth-order valence-electron chi connectivity index (χ4n) is 3.29. The molecule has 0 radical (unpaired) electrons. The van der Waals surface area contributed by atoms with Crippen LogP contribution in [0, 0.1) is 0 Å². The minimum absolute atomic E-state index is 0.140. The molecule has 164 valence electrons. The fraction of sp³-hybridized carbons (Fsp3) is 0.0455. The van der Waals surface area contributed by atoms with Crippen LogP contribution in [0.2, 0.25) is 5.02 Å². The number of anilines is 3. The van der Waals surface area contributed by atoms with Gasteiger partial charge in [-0.05, 0) is 30.3 Å². The number of nitrogens with zero attached hydrogens (tertiary/aromatic N) is 4. The van der Waals surface area contributed by atoms with Crippen LogP contribution in [0.4, 0.5) is 16.5 Å². The molecule has 0 fully saturated rings. The van der Waals surface area contributed by atoms with E-state index in [4.69, 9.17) is 11.6 Å². The number of aromatic nitrogens is 5. The molecule has 2 aromatic carbocycles. The van der Waals surface area contributed by atoms with Crippen molar-refractivity contribution in [3.63, 3.8) is 0 Å². The Kier molecular flexibility index (Phi) is 5.37. The first-order valence-corrected chi connectivity index (χ1v) is 10.9. The highest BCUT2D eigenvalue weighted by atomic mass is 35.5. The number of halogens is 1. The lowest BCUT2D eigenvalue weighted by molar-refractivity contribution is 0.102. The summed E-state index contributed by atoms with van der Waals surface area (Å²) in [5.41, 5.74) is 2.34. The number of aromatic amines is 1. The third-order valence-electron chi connectivity index (χ3n) is 4.95. The molecule has 0 atom stereocenters. The molecule has 3 aromatic heterocycles. The van der Waals surface area contributed by atoms with Crippen LogP contribution < -0.4 is 16.2 Å². The van der Waals surface area contributed by atoms with Crippen LogP contribution in [0.1, 0.15) is 10.4 Å². The molecule has 0 saturated heterocycles. The fourth-order valence-corrected chi connectivity index (χ4v) is 4.16. The number of amides is 1.